The summed E-state index contributed by atoms with van der Waals surface area (Å²) in [4.78, 5) is 45.7. The summed E-state index contributed by atoms with van der Waals surface area (Å²) in [5, 5.41) is 14.4. The van der Waals surface area contributed by atoms with Crippen molar-refractivity contribution >= 4 is 50.7 Å². The summed E-state index contributed by atoms with van der Waals surface area (Å²) in [7, 11) is 1.58. The van der Waals surface area contributed by atoms with Crippen molar-refractivity contribution in [3.8, 4) is 50.3 Å². The topological polar surface area (TPSA) is 146 Å². The highest BCUT2D eigenvalue weighted by molar-refractivity contribution is 7.22. The number of fused-ring (bicyclic) bond motifs is 7. The van der Waals surface area contributed by atoms with E-state index in [2.05, 4.69) is 20.3 Å². The highest BCUT2D eigenvalue weighted by atomic mass is 35.5. The number of aliphatic carboxylic acids is 1. The maximum atomic E-state index is 14.1. The lowest BCUT2D eigenvalue weighted by molar-refractivity contribution is -0.145. The van der Waals surface area contributed by atoms with Gasteiger partial charge in [0.2, 0.25) is 17.9 Å². The summed E-state index contributed by atoms with van der Waals surface area (Å²) in [6, 6.07) is 24.2. The second-order valence-electron chi connectivity index (χ2n) is 13.3. The van der Waals surface area contributed by atoms with Crippen LogP contribution in [0.25, 0.3) is 43.2 Å². The van der Waals surface area contributed by atoms with Crippen LogP contribution in [0.2, 0.25) is 5.02 Å². The predicted molar refractivity (Wildman–Crippen MR) is 215 cm³/mol. The van der Waals surface area contributed by atoms with Crippen LogP contribution < -0.4 is 19.5 Å². The lowest BCUT2D eigenvalue weighted by atomic mass is 9.95. The van der Waals surface area contributed by atoms with Gasteiger partial charge in [0, 0.05) is 29.5 Å². The number of carboxylic acids is 1. The van der Waals surface area contributed by atoms with Crippen molar-refractivity contribution in [2.75, 3.05) is 12.4 Å². The number of aromatic nitrogens is 4. The van der Waals surface area contributed by atoms with Crippen molar-refractivity contribution in [3.63, 3.8) is 0 Å². The van der Waals surface area contributed by atoms with E-state index >= 15 is 0 Å². The highest BCUT2D eigenvalue weighted by Gasteiger charge is 2.29. The SMILES string of the molecule is COc1ccccc1-c1nccc(COc2ccc3cc2C[C@H](C(=O)O)Oc2ncnc4sc(-c5ccc(F)cc5)c(c24)-c2ccc(c(Cl)c2C)NC(=O)CC3)n1. The van der Waals surface area contributed by atoms with Crippen molar-refractivity contribution in [1.82, 2.24) is 19.9 Å². The lowest BCUT2D eigenvalue weighted by Gasteiger charge is -2.19. The number of ether oxygens (including phenoxy) is 3. The van der Waals surface area contributed by atoms with E-state index in [-0.39, 0.29) is 31.2 Å². The van der Waals surface area contributed by atoms with Crippen LogP contribution >= 0.6 is 22.9 Å². The number of aryl methyl sites for hydroxylation is 1. The third-order valence-electron chi connectivity index (χ3n) is 9.63. The minimum Gasteiger partial charge on any atom is -0.496 e. The van der Waals surface area contributed by atoms with Gasteiger partial charge in [-0.15, -0.1) is 11.3 Å². The van der Waals surface area contributed by atoms with Crippen molar-refractivity contribution in [2.45, 2.75) is 38.9 Å². The number of carboxylic acid groups (broad SMARTS) is 1. The maximum Gasteiger partial charge on any atom is 0.345 e. The predicted octanol–water partition coefficient (Wildman–Crippen LogP) is 9.13. The summed E-state index contributed by atoms with van der Waals surface area (Å²) in [5.41, 5.74) is 5.73. The summed E-state index contributed by atoms with van der Waals surface area (Å²) < 4.78 is 32.3. The van der Waals surface area contributed by atoms with E-state index in [1.807, 2.05) is 49.4 Å². The molecule has 7 aromatic rings. The maximum absolute atomic E-state index is 14.1. The first kappa shape index (κ1) is 37.5. The van der Waals surface area contributed by atoms with Crippen molar-refractivity contribution in [2.24, 2.45) is 0 Å². The fourth-order valence-electron chi connectivity index (χ4n) is 6.77. The molecule has 2 aliphatic heterocycles. The van der Waals surface area contributed by atoms with Crippen LogP contribution in [-0.4, -0.2) is 50.1 Å². The molecule has 0 saturated carbocycles. The zero-order valence-electron chi connectivity index (χ0n) is 30.6. The van der Waals surface area contributed by atoms with Gasteiger partial charge in [-0.3, -0.25) is 4.79 Å². The number of nitrogens with one attached hydrogen (secondary N) is 1. The Kier molecular flexibility index (Phi) is 10.5. The van der Waals surface area contributed by atoms with Crippen LogP contribution in [-0.2, 0) is 29.0 Å². The van der Waals surface area contributed by atoms with Crippen LogP contribution in [0, 0.1) is 12.7 Å². The number of hydrogen-bond acceptors (Lipinski definition) is 10. The van der Waals surface area contributed by atoms with Gasteiger partial charge in [-0.25, -0.2) is 29.1 Å². The van der Waals surface area contributed by atoms with E-state index in [1.54, 1.807) is 43.6 Å². The fraction of sp³-hybridized carbons (Fsp3) is 0.163. The van der Waals surface area contributed by atoms with E-state index < -0.39 is 17.9 Å². The minimum atomic E-state index is -1.43. The van der Waals surface area contributed by atoms with E-state index in [1.165, 1.54) is 29.8 Å². The number of halogens is 2. The third kappa shape index (κ3) is 7.71. The van der Waals surface area contributed by atoms with E-state index in [0.29, 0.717) is 78.2 Å². The number of nitrogens with zero attached hydrogens (tertiary/aromatic N) is 4. The Bertz CT molecular complexity index is 2670. The van der Waals surface area contributed by atoms with Gasteiger partial charge in [-0.1, -0.05) is 54.1 Å². The number of para-hydroxylation sites is 1. The quantitative estimate of drug-likeness (QED) is 0.160. The van der Waals surface area contributed by atoms with Crippen LogP contribution in [0.15, 0.2) is 97.5 Å². The number of carbonyl (C=O) groups excluding carboxylic acids is 1. The molecule has 0 fully saturated rings. The van der Waals surface area contributed by atoms with Gasteiger partial charge in [0.25, 0.3) is 0 Å². The number of carbonyl (C=O) groups is 2. The van der Waals surface area contributed by atoms with Gasteiger partial charge in [0.05, 0.1) is 34.5 Å². The normalized spacial score (nSPS) is 14.1. The molecule has 14 heteroatoms. The Morgan fingerprint density at radius 3 is 2.63 bits per heavy atom. The monoisotopic (exact) mass is 801 g/mol. The second kappa shape index (κ2) is 16.0. The standard InChI is InChI=1S/C43H33ClFN5O6S/c1-23-29-13-14-31(38(23)44)50-35(51)16-8-24-7-15-32(55-21-28-17-18-46-40(49-28)30-5-3-4-6-33(30)54-2)26(19-24)20-34(43(52)53)56-41-37-36(29)39(57-42(37)48-22-47-41)25-9-11-27(45)12-10-25/h3-7,9-15,17-19,22,34H,8,16,20-21H2,1-2H3,(H,50,51)(H,52,53)/t34-/m1/s1. The number of anilines is 1. The summed E-state index contributed by atoms with van der Waals surface area (Å²) in [5.74, 6) is -0.325. The van der Waals surface area contributed by atoms with E-state index in [0.717, 1.165) is 16.0 Å². The Morgan fingerprint density at radius 2 is 1.82 bits per heavy atom. The molecule has 11 nitrogen and oxygen atoms in total. The molecule has 4 bridgehead atoms. The average molecular weight is 802 g/mol. The Morgan fingerprint density at radius 1 is 1.00 bits per heavy atom. The number of benzene rings is 4. The first-order valence-corrected chi connectivity index (χ1v) is 19.1. The summed E-state index contributed by atoms with van der Waals surface area (Å²) >= 11 is 8.27. The highest BCUT2D eigenvalue weighted by Crippen LogP contribution is 2.49. The number of thiophene rings is 1. The van der Waals surface area contributed by atoms with Crippen LogP contribution in [0.4, 0.5) is 10.1 Å². The zero-order chi connectivity index (χ0) is 39.6. The summed E-state index contributed by atoms with van der Waals surface area (Å²) in [6.07, 6.45) is 1.90. The van der Waals surface area contributed by atoms with E-state index in [4.69, 9.17) is 30.8 Å². The van der Waals surface area contributed by atoms with Gasteiger partial charge >= 0.3 is 5.97 Å². The van der Waals surface area contributed by atoms with Crippen LogP contribution in [0.5, 0.6) is 17.4 Å². The van der Waals surface area contributed by atoms with Crippen LogP contribution in [0.3, 0.4) is 0 Å². The number of methoxy groups -OCH3 is 1. The third-order valence-corrected chi connectivity index (χ3v) is 11.3. The van der Waals surface area contributed by atoms with Gasteiger partial charge in [-0.2, -0.15) is 0 Å². The molecule has 0 saturated heterocycles. The Hall–Kier alpha value is -6.44. The molecule has 3 aromatic heterocycles. The molecule has 1 amide bonds. The molecule has 5 heterocycles. The molecule has 286 valence electrons. The molecule has 9 rings (SSSR count). The number of amides is 1. The van der Waals surface area contributed by atoms with Gasteiger partial charge < -0.3 is 24.6 Å². The summed E-state index contributed by atoms with van der Waals surface area (Å²) in [6.45, 7) is 1.88. The second-order valence-corrected chi connectivity index (χ2v) is 14.6. The molecule has 0 radical (unpaired) electrons. The molecule has 0 aliphatic carbocycles. The molecule has 2 aliphatic rings. The number of hydrogen-bond donors (Lipinski definition) is 2. The van der Waals surface area contributed by atoms with E-state index in [9.17, 15) is 19.1 Å². The van der Waals surface area contributed by atoms with Crippen molar-refractivity contribution < 1.29 is 33.3 Å². The van der Waals surface area contributed by atoms with Gasteiger partial charge in [-0.05, 0) is 83.6 Å². The molecule has 4 aromatic carbocycles. The average Bonchev–Trinajstić information content (AvgIpc) is 3.61. The van der Waals surface area contributed by atoms with Crippen molar-refractivity contribution in [3.05, 3.63) is 131 Å². The Balaban J connectivity index is 1.21. The molecular formula is C43H33ClFN5O6S. The smallest absolute Gasteiger partial charge is 0.345 e. The Labute approximate surface area is 335 Å². The zero-order valence-corrected chi connectivity index (χ0v) is 32.2. The van der Waals surface area contributed by atoms with Gasteiger partial charge in [0.1, 0.15) is 35.1 Å². The molecule has 2 N–H and O–H groups in total. The van der Waals surface area contributed by atoms with Crippen molar-refractivity contribution in [1.29, 1.82) is 0 Å². The lowest BCUT2D eigenvalue weighted by Crippen LogP contribution is -2.30. The molecule has 57 heavy (non-hydrogen) atoms. The molecular weight excluding hydrogens is 769 g/mol. The largest absolute Gasteiger partial charge is 0.496 e. The van der Waals surface area contributed by atoms with Gasteiger partial charge in [0.15, 0.2) is 5.82 Å². The molecule has 0 spiro atoms. The minimum absolute atomic E-state index is 0.0479. The molecule has 1 atom stereocenters. The first-order chi connectivity index (χ1) is 27.7. The number of rotatable bonds is 7. The fourth-order valence-corrected chi connectivity index (χ4v) is 8.14. The molecule has 0 unspecified atom stereocenters. The first-order valence-electron chi connectivity index (χ1n) is 17.9. The van der Waals surface area contributed by atoms with Crippen LogP contribution in [0.1, 0.15) is 28.8 Å².